The number of benzene rings is 2. The molecule has 0 saturated carbocycles. The predicted octanol–water partition coefficient (Wildman–Crippen LogP) is 3.06. The number of phenolic OH excluding ortho intramolecular Hbond substituents is 1. The molecule has 5 heteroatoms. The fraction of sp³-hybridized carbons (Fsp3) is 0.200. The molecular weight excluding hydrogens is 278 g/mol. The van der Waals surface area contributed by atoms with Gasteiger partial charge < -0.3 is 19.9 Å². The van der Waals surface area contributed by atoms with Crippen LogP contribution in [-0.2, 0) is 13.1 Å². The van der Waals surface area contributed by atoms with Gasteiger partial charge in [-0.25, -0.2) is 0 Å². The van der Waals surface area contributed by atoms with Crippen molar-refractivity contribution >= 4 is 11.6 Å². The van der Waals surface area contributed by atoms with Gasteiger partial charge in [0.1, 0.15) is 5.75 Å². The van der Waals surface area contributed by atoms with Crippen molar-refractivity contribution in [2.45, 2.75) is 13.1 Å². The minimum atomic E-state index is 0.202. The SMILES string of the molecule is Oc1cc2c(cc1CNCc1cccc(Cl)c1)OCO2. The molecule has 0 radical (unpaired) electrons. The van der Waals surface area contributed by atoms with E-state index in [-0.39, 0.29) is 12.5 Å². The Labute approximate surface area is 121 Å². The maximum absolute atomic E-state index is 9.92. The molecule has 0 aromatic heterocycles. The molecule has 0 spiro atoms. The largest absolute Gasteiger partial charge is 0.507 e. The third-order valence-corrected chi connectivity index (χ3v) is 3.34. The van der Waals surface area contributed by atoms with Crippen LogP contribution < -0.4 is 14.8 Å². The molecule has 1 heterocycles. The Morgan fingerprint density at radius 2 is 1.90 bits per heavy atom. The van der Waals surface area contributed by atoms with E-state index < -0.39 is 0 Å². The van der Waals surface area contributed by atoms with Crippen LogP contribution in [0.25, 0.3) is 0 Å². The molecule has 20 heavy (non-hydrogen) atoms. The van der Waals surface area contributed by atoms with E-state index in [1.807, 2.05) is 24.3 Å². The standard InChI is InChI=1S/C15H14ClNO3/c16-12-3-1-2-10(4-12)7-17-8-11-5-14-15(6-13(11)18)20-9-19-14/h1-6,17-18H,7-9H2. The fourth-order valence-corrected chi connectivity index (χ4v) is 2.32. The zero-order chi connectivity index (χ0) is 13.9. The van der Waals surface area contributed by atoms with Crippen molar-refractivity contribution in [3.05, 3.63) is 52.5 Å². The third-order valence-electron chi connectivity index (χ3n) is 3.11. The highest BCUT2D eigenvalue weighted by molar-refractivity contribution is 6.30. The lowest BCUT2D eigenvalue weighted by molar-refractivity contribution is 0.174. The van der Waals surface area contributed by atoms with Gasteiger partial charge in [0.15, 0.2) is 11.5 Å². The van der Waals surface area contributed by atoms with Crippen molar-refractivity contribution in [2.24, 2.45) is 0 Å². The highest BCUT2D eigenvalue weighted by atomic mass is 35.5. The van der Waals surface area contributed by atoms with Crippen molar-refractivity contribution in [1.82, 2.24) is 5.32 Å². The lowest BCUT2D eigenvalue weighted by atomic mass is 10.1. The summed E-state index contributed by atoms with van der Waals surface area (Å²) in [6.07, 6.45) is 0. The minimum Gasteiger partial charge on any atom is -0.507 e. The number of halogens is 1. The lowest BCUT2D eigenvalue weighted by Crippen LogP contribution is -2.12. The number of fused-ring (bicyclic) bond motifs is 1. The Bertz CT molecular complexity index is 631. The second kappa shape index (κ2) is 5.61. The summed E-state index contributed by atoms with van der Waals surface area (Å²) < 4.78 is 10.5. The van der Waals surface area contributed by atoms with Gasteiger partial charge in [-0.05, 0) is 23.8 Å². The molecule has 1 aliphatic heterocycles. The maximum Gasteiger partial charge on any atom is 0.231 e. The van der Waals surface area contributed by atoms with Gasteiger partial charge in [-0.1, -0.05) is 23.7 Å². The first-order valence-electron chi connectivity index (χ1n) is 6.29. The smallest absolute Gasteiger partial charge is 0.231 e. The Morgan fingerprint density at radius 3 is 2.70 bits per heavy atom. The van der Waals surface area contributed by atoms with E-state index in [0.29, 0.717) is 24.6 Å². The van der Waals surface area contributed by atoms with Crippen molar-refractivity contribution in [3.8, 4) is 17.2 Å². The van der Waals surface area contributed by atoms with Crippen molar-refractivity contribution in [1.29, 1.82) is 0 Å². The minimum absolute atomic E-state index is 0.202. The Hall–Kier alpha value is -1.91. The van der Waals surface area contributed by atoms with Crippen LogP contribution in [0, 0.1) is 0 Å². The molecule has 0 fully saturated rings. The first kappa shape index (κ1) is 13.1. The average molecular weight is 292 g/mol. The Kier molecular flexibility index (Phi) is 3.67. The van der Waals surface area contributed by atoms with Crippen LogP contribution in [0.5, 0.6) is 17.2 Å². The molecule has 3 rings (SSSR count). The first-order chi connectivity index (χ1) is 9.72. The molecule has 0 aliphatic carbocycles. The summed E-state index contributed by atoms with van der Waals surface area (Å²) in [5.74, 6) is 1.45. The van der Waals surface area contributed by atoms with Crippen LogP contribution in [0.15, 0.2) is 36.4 Å². The summed E-state index contributed by atoms with van der Waals surface area (Å²) in [6.45, 7) is 1.41. The van der Waals surface area contributed by atoms with Gasteiger partial charge >= 0.3 is 0 Å². The van der Waals surface area contributed by atoms with Crippen molar-refractivity contribution in [3.63, 3.8) is 0 Å². The van der Waals surface area contributed by atoms with Gasteiger partial charge in [-0.2, -0.15) is 0 Å². The summed E-state index contributed by atoms with van der Waals surface area (Å²) in [4.78, 5) is 0. The van der Waals surface area contributed by atoms with E-state index in [0.717, 1.165) is 16.1 Å². The van der Waals surface area contributed by atoms with Gasteiger partial charge in [0.05, 0.1) is 0 Å². The van der Waals surface area contributed by atoms with Gasteiger partial charge in [-0.3, -0.25) is 0 Å². The number of ether oxygens (including phenoxy) is 2. The number of nitrogens with one attached hydrogen (secondary N) is 1. The third kappa shape index (κ3) is 2.81. The van der Waals surface area contributed by atoms with Gasteiger partial charge in [0.25, 0.3) is 0 Å². The van der Waals surface area contributed by atoms with E-state index in [9.17, 15) is 5.11 Å². The Balaban J connectivity index is 1.64. The molecule has 1 aliphatic rings. The maximum atomic E-state index is 9.92. The molecule has 4 nitrogen and oxygen atoms in total. The normalized spacial score (nSPS) is 12.7. The van der Waals surface area contributed by atoms with Crippen LogP contribution in [0.4, 0.5) is 0 Å². The summed E-state index contributed by atoms with van der Waals surface area (Å²) in [5.41, 5.74) is 1.87. The summed E-state index contributed by atoms with van der Waals surface area (Å²) in [7, 11) is 0. The molecule has 2 aromatic carbocycles. The van der Waals surface area contributed by atoms with Gasteiger partial charge in [0, 0.05) is 29.7 Å². The topological polar surface area (TPSA) is 50.7 Å². The molecule has 0 atom stereocenters. The van der Waals surface area contributed by atoms with Gasteiger partial charge in [-0.15, -0.1) is 0 Å². The molecule has 2 aromatic rings. The van der Waals surface area contributed by atoms with Crippen LogP contribution >= 0.6 is 11.6 Å². The summed E-state index contributed by atoms with van der Waals surface area (Å²) >= 11 is 5.93. The van der Waals surface area contributed by atoms with Crippen molar-refractivity contribution < 1.29 is 14.6 Å². The number of rotatable bonds is 4. The van der Waals surface area contributed by atoms with Crippen LogP contribution in [0.3, 0.4) is 0 Å². The second-order valence-corrected chi connectivity index (χ2v) is 5.00. The molecule has 0 bridgehead atoms. The van der Waals surface area contributed by atoms with E-state index in [1.165, 1.54) is 0 Å². The molecule has 0 unspecified atom stereocenters. The van der Waals surface area contributed by atoms with Crippen LogP contribution in [-0.4, -0.2) is 11.9 Å². The summed E-state index contributed by atoms with van der Waals surface area (Å²) in [5, 5.41) is 13.9. The molecule has 2 N–H and O–H groups in total. The number of hydrogen-bond donors (Lipinski definition) is 2. The highest BCUT2D eigenvalue weighted by Gasteiger charge is 2.16. The predicted molar refractivity (Wildman–Crippen MR) is 76.2 cm³/mol. The first-order valence-corrected chi connectivity index (χ1v) is 6.67. The van der Waals surface area contributed by atoms with Crippen molar-refractivity contribution in [2.75, 3.05) is 6.79 Å². The fourth-order valence-electron chi connectivity index (χ4n) is 2.10. The number of hydrogen-bond acceptors (Lipinski definition) is 4. The summed E-state index contributed by atoms with van der Waals surface area (Å²) in [6, 6.07) is 11.0. The highest BCUT2D eigenvalue weighted by Crippen LogP contribution is 2.37. The molecule has 104 valence electrons. The van der Waals surface area contributed by atoms with E-state index in [4.69, 9.17) is 21.1 Å². The zero-order valence-electron chi connectivity index (χ0n) is 10.7. The number of phenols is 1. The zero-order valence-corrected chi connectivity index (χ0v) is 11.5. The second-order valence-electron chi connectivity index (χ2n) is 4.57. The molecule has 0 saturated heterocycles. The van der Waals surface area contributed by atoms with Gasteiger partial charge in [0.2, 0.25) is 6.79 Å². The van der Waals surface area contributed by atoms with Crippen LogP contribution in [0.1, 0.15) is 11.1 Å². The lowest BCUT2D eigenvalue weighted by Gasteiger charge is -2.08. The average Bonchev–Trinajstić information content (AvgIpc) is 2.86. The number of aromatic hydroxyl groups is 1. The van der Waals surface area contributed by atoms with Crippen LogP contribution in [0.2, 0.25) is 5.02 Å². The molecular formula is C15H14ClNO3. The molecule has 0 amide bonds. The Morgan fingerprint density at radius 1 is 1.10 bits per heavy atom. The van der Waals surface area contributed by atoms with E-state index >= 15 is 0 Å². The van der Waals surface area contributed by atoms with E-state index in [1.54, 1.807) is 12.1 Å². The quantitative estimate of drug-likeness (QED) is 0.909. The van der Waals surface area contributed by atoms with E-state index in [2.05, 4.69) is 5.32 Å². The monoisotopic (exact) mass is 291 g/mol.